The molecule has 3 aromatic rings. The molecule has 0 saturated heterocycles. The van der Waals surface area contributed by atoms with Crippen LogP contribution < -0.4 is 5.32 Å². The second kappa shape index (κ2) is 7.48. The average Bonchev–Trinajstić information content (AvgIpc) is 3.19. The van der Waals surface area contributed by atoms with Gasteiger partial charge in [-0.2, -0.15) is 0 Å². The first kappa shape index (κ1) is 19.0. The van der Waals surface area contributed by atoms with E-state index in [0.29, 0.717) is 33.6 Å². The van der Waals surface area contributed by atoms with Crippen molar-refractivity contribution >= 4 is 28.2 Å². The Hall–Kier alpha value is -2.73. The number of amides is 1. The van der Waals surface area contributed by atoms with Gasteiger partial charge in [0.2, 0.25) is 0 Å². The lowest BCUT2D eigenvalue weighted by molar-refractivity contribution is 0.101. The molecule has 3 rings (SSSR count). The molecule has 0 atom stereocenters. The van der Waals surface area contributed by atoms with Gasteiger partial charge in [-0.05, 0) is 37.8 Å². The standard InChI is InChI=1S/C21H23N3O2S/c1-11(2)15-6-8-16(9-7-15)17-10-27-21(23-17)24-20(26)19-12(3)18(14(5)25)13(4)22-19/h6-11,22H,1-5H3,(H,23,24,26). The minimum Gasteiger partial charge on any atom is -0.354 e. The van der Waals surface area contributed by atoms with Gasteiger partial charge in [0.15, 0.2) is 10.9 Å². The number of ketones is 1. The van der Waals surface area contributed by atoms with Crippen molar-refractivity contribution in [3.05, 3.63) is 57.7 Å². The summed E-state index contributed by atoms with van der Waals surface area (Å²) in [7, 11) is 0. The molecule has 1 amide bonds. The van der Waals surface area contributed by atoms with Crippen molar-refractivity contribution in [2.75, 3.05) is 5.32 Å². The smallest absolute Gasteiger partial charge is 0.274 e. The van der Waals surface area contributed by atoms with Crippen molar-refractivity contribution in [3.8, 4) is 11.3 Å². The van der Waals surface area contributed by atoms with Crippen molar-refractivity contribution in [2.45, 2.75) is 40.5 Å². The number of thiazole rings is 1. The van der Waals surface area contributed by atoms with Crippen LogP contribution in [0.15, 0.2) is 29.6 Å². The molecular formula is C21H23N3O2S. The highest BCUT2D eigenvalue weighted by Gasteiger charge is 2.20. The number of H-pyrrole nitrogens is 1. The van der Waals surface area contributed by atoms with Gasteiger partial charge in [-0.3, -0.25) is 14.9 Å². The molecule has 2 heterocycles. The normalized spacial score (nSPS) is 11.0. The van der Waals surface area contributed by atoms with Gasteiger partial charge in [-0.1, -0.05) is 38.1 Å². The largest absolute Gasteiger partial charge is 0.354 e. The van der Waals surface area contributed by atoms with Gasteiger partial charge in [-0.25, -0.2) is 4.98 Å². The summed E-state index contributed by atoms with van der Waals surface area (Å²) in [6.07, 6.45) is 0. The molecular weight excluding hydrogens is 358 g/mol. The zero-order valence-corrected chi connectivity index (χ0v) is 17.0. The van der Waals surface area contributed by atoms with Crippen LogP contribution in [-0.4, -0.2) is 21.7 Å². The Bertz CT molecular complexity index is 997. The van der Waals surface area contributed by atoms with Crippen molar-refractivity contribution in [2.24, 2.45) is 0 Å². The highest BCUT2D eigenvalue weighted by atomic mass is 32.1. The molecule has 0 spiro atoms. The van der Waals surface area contributed by atoms with Gasteiger partial charge >= 0.3 is 0 Å². The molecule has 140 valence electrons. The number of nitrogens with one attached hydrogen (secondary N) is 2. The van der Waals surface area contributed by atoms with Crippen LogP contribution in [0.4, 0.5) is 5.13 Å². The number of aromatic nitrogens is 2. The fourth-order valence-electron chi connectivity index (χ4n) is 3.17. The molecule has 27 heavy (non-hydrogen) atoms. The van der Waals surface area contributed by atoms with E-state index in [2.05, 4.69) is 41.3 Å². The highest BCUT2D eigenvalue weighted by Crippen LogP contribution is 2.27. The summed E-state index contributed by atoms with van der Waals surface area (Å²) in [6.45, 7) is 9.39. The van der Waals surface area contributed by atoms with E-state index in [1.165, 1.54) is 23.8 Å². The Kier molecular flexibility index (Phi) is 5.28. The van der Waals surface area contributed by atoms with Crippen LogP contribution in [0.5, 0.6) is 0 Å². The molecule has 0 aliphatic carbocycles. The molecule has 2 aromatic heterocycles. The summed E-state index contributed by atoms with van der Waals surface area (Å²) in [6, 6.07) is 8.30. The van der Waals surface area contributed by atoms with E-state index in [1.807, 2.05) is 17.5 Å². The first-order valence-electron chi connectivity index (χ1n) is 8.85. The number of aromatic amines is 1. The summed E-state index contributed by atoms with van der Waals surface area (Å²) in [5.74, 6) is 0.137. The van der Waals surface area contributed by atoms with E-state index in [4.69, 9.17) is 0 Å². The van der Waals surface area contributed by atoms with Crippen molar-refractivity contribution < 1.29 is 9.59 Å². The van der Waals surface area contributed by atoms with Crippen LogP contribution in [0.25, 0.3) is 11.3 Å². The Morgan fingerprint density at radius 2 is 1.81 bits per heavy atom. The van der Waals surface area contributed by atoms with Crippen LogP contribution in [0.3, 0.4) is 0 Å². The van der Waals surface area contributed by atoms with Crippen molar-refractivity contribution in [1.29, 1.82) is 0 Å². The van der Waals surface area contributed by atoms with E-state index in [9.17, 15) is 9.59 Å². The van der Waals surface area contributed by atoms with Crippen molar-refractivity contribution in [1.82, 2.24) is 9.97 Å². The predicted molar refractivity (Wildman–Crippen MR) is 110 cm³/mol. The minimum atomic E-state index is -0.292. The quantitative estimate of drug-likeness (QED) is 0.586. The molecule has 0 radical (unpaired) electrons. The van der Waals surface area contributed by atoms with Gasteiger partial charge in [-0.15, -0.1) is 11.3 Å². The summed E-state index contributed by atoms with van der Waals surface area (Å²) < 4.78 is 0. The second-order valence-corrected chi connectivity index (χ2v) is 7.81. The lowest BCUT2D eigenvalue weighted by Gasteiger charge is -2.05. The maximum Gasteiger partial charge on any atom is 0.274 e. The molecule has 0 saturated carbocycles. The lowest BCUT2D eigenvalue weighted by Crippen LogP contribution is -2.13. The minimum absolute atomic E-state index is 0.0540. The molecule has 0 unspecified atom stereocenters. The third kappa shape index (κ3) is 3.85. The summed E-state index contributed by atoms with van der Waals surface area (Å²) in [5, 5.41) is 5.28. The summed E-state index contributed by atoms with van der Waals surface area (Å²) >= 11 is 1.38. The Morgan fingerprint density at radius 1 is 1.15 bits per heavy atom. The molecule has 0 aliphatic heterocycles. The fourth-order valence-corrected chi connectivity index (χ4v) is 3.88. The highest BCUT2D eigenvalue weighted by molar-refractivity contribution is 7.14. The van der Waals surface area contributed by atoms with Crippen LogP contribution in [0, 0.1) is 13.8 Å². The second-order valence-electron chi connectivity index (χ2n) is 6.95. The fraction of sp³-hybridized carbons (Fsp3) is 0.286. The van der Waals surface area contributed by atoms with Gasteiger partial charge < -0.3 is 4.98 Å². The lowest BCUT2D eigenvalue weighted by atomic mass is 10.0. The molecule has 0 fully saturated rings. The van der Waals surface area contributed by atoms with Crippen LogP contribution in [0.2, 0.25) is 0 Å². The molecule has 5 nitrogen and oxygen atoms in total. The first-order valence-corrected chi connectivity index (χ1v) is 9.73. The summed E-state index contributed by atoms with van der Waals surface area (Å²) in [5.41, 5.74) is 5.47. The molecule has 0 bridgehead atoms. The van der Waals surface area contributed by atoms with Gasteiger partial charge in [0.05, 0.1) is 5.69 Å². The Balaban J connectivity index is 1.79. The van der Waals surface area contributed by atoms with E-state index in [-0.39, 0.29) is 11.7 Å². The maximum atomic E-state index is 12.6. The van der Waals surface area contributed by atoms with Gasteiger partial charge in [0.1, 0.15) is 5.69 Å². The SMILES string of the molecule is CC(=O)c1c(C)[nH]c(C(=O)Nc2nc(-c3ccc(C(C)C)cc3)cs2)c1C. The zero-order valence-electron chi connectivity index (χ0n) is 16.1. The van der Waals surface area contributed by atoms with E-state index in [1.54, 1.807) is 13.8 Å². The zero-order chi connectivity index (χ0) is 19.7. The number of anilines is 1. The van der Waals surface area contributed by atoms with Gasteiger partial charge in [0, 0.05) is 22.2 Å². The number of Topliss-reactive ketones (excluding diaryl/α,β-unsaturated/α-hetero) is 1. The molecule has 6 heteroatoms. The first-order chi connectivity index (χ1) is 12.8. The number of rotatable bonds is 5. The van der Waals surface area contributed by atoms with Crippen LogP contribution >= 0.6 is 11.3 Å². The number of hydrogen-bond acceptors (Lipinski definition) is 4. The Labute approximate surface area is 162 Å². The number of aryl methyl sites for hydroxylation is 1. The molecule has 0 aliphatic rings. The number of hydrogen-bond donors (Lipinski definition) is 2. The maximum absolute atomic E-state index is 12.6. The van der Waals surface area contributed by atoms with Crippen LogP contribution in [-0.2, 0) is 0 Å². The number of carbonyl (C=O) groups excluding carboxylic acids is 2. The monoisotopic (exact) mass is 381 g/mol. The van der Waals surface area contributed by atoms with Crippen molar-refractivity contribution in [3.63, 3.8) is 0 Å². The van der Waals surface area contributed by atoms with Gasteiger partial charge in [0.25, 0.3) is 5.91 Å². The predicted octanol–water partition coefficient (Wildman–Crippen LogP) is 5.33. The number of benzene rings is 1. The number of carbonyl (C=O) groups is 2. The third-order valence-electron chi connectivity index (χ3n) is 4.61. The van der Waals surface area contributed by atoms with E-state index in [0.717, 1.165) is 11.3 Å². The molecule has 1 aromatic carbocycles. The van der Waals surface area contributed by atoms with E-state index < -0.39 is 0 Å². The van der Waals surface area contributed by atoms with Crippen LogP contribution in [0.1, 0.15) is 64.4 Å². The topological polar surface area (TPSA) is 74.8 Å². The Morgan fingerprint density at radius 3 is 2.37 bits per heavy atom. The summed E-state index contributed by atoms with van der Waals surface area (Å²) in [4.78, 5) is 31.9. The number of nitrogens with zero attached hydrogens (tertiary/aromatic N) is 1. The molecule has 2 N–H and O–H groups in total. The van der Waals surface area contributed by atoms with E-state index >= 15 is 0 Å². The third-order valence-corrected chi connectivity index (χ3v) is 5.37. The average molecular weight is 382 g/mol.